The quantitative estimate of drug-likeness (QED) is 0.534. The Balaban J connectivity index is 1.77. The molecule has 0 aliphatic heterocycles. The van der Waals surface area contributed by atoms with Crippen molar-refractivity contribution in [2.75, 3.05) is 13.7 Å². The van der Waals surface area contributed by atoms with Crippen LogP contribution in [0, 0.1) is 0 Å². The topological polar surface area (TPSA) is 56.8 Å². The van der Waals surface area contributed by atoms with E-state index in [1.165, 1.54) is 0 Å². The van der Waals surface area contributed by atoms with Gasteiger partial charge >= 0.3 is 0 Å². The predicted molar refractivity (Wildman–Crippen MR) is 117 cm³/mol. The van der Waals surface area contributed by atoms with Crippen LogP contribution in [0.2, 0.25) is 0 Å². The second kappa shape index (κ2) is 10.3. The molecule has 0 saturated carbocycles. The molecule has 1 N–H and O–H groups in total. The van der Waals surface area contributed by atoms with Gasteiger partial charge in [-0.05, 0) is 49.7 Å². The van der Waals surface area contributed by atoms with E-state index in [0.29, 0.717) is 29.4 Å². The molecule has 1 atom stereocenters. The van der Waals surface area contributed by atoms with Crippen LogP contribution in [0.4, 0.5) is 0 Å². The number of rotatable bonds is 9. The number of benzene rings is 3. The standard InChI is InChI=1S/C25H27NO4/c1-4-29-22-15-14-20(25(27)26-18(2)19-10-6-5-7-11-19)16-21(22)17-30-24-13-9-8-12-23(24)28-3/h5-16,18H,4,17H2,1-3H3,(H,26,27). The maximum absolute atomic E-state index is 12.8. The van der Waals surface area contributed by atoms with Gasteiger partial charge in [0.2, 0.25) is 0 Å². The third-order valence-electron chi connectivity index (χ3n) is 4.72. The first kappa shape index (κ1) is 21.2. The highest BCUT2D eigenvalue weighted by Gasteiger charge is 2.15. The smallest absolute Gasteiger partial charge is 0.251 e. The highest BCUT2D eigenvalue weighted by Crippen LogP contribution is 2.29. The van der Waals surface area contributed by atoms with E-state index >= 15 is 0 Å². The van der Waals surface area contributed by atoms with E-state index in [9.17, 15) is 4.79 Å². The average molecular weight is 405 g/mol. The lowest BCUT2D eigenvalue weighted by molar-refractivity contribution is 0.0939. The molecule has 0 heterocycles. The van der Waals surface area contributed by atoms with Gasteiger partial charge in [0.1, 0.15) is 12.4 Å². The summed E-state index contributed by atoms with van der Waals surface area (Å²) in [4.78, 5) is 12.8. The second-order valence-electron chi connectivity index (χ2n) is 6.80. The van der Waals surface area contributed by atoms with Gasteiger partial charge in [-0.2, -0.15) is 0 Å². The lowest BCUT2D eigenvalue weighted by Crippen LogP contribution is -2.26. The molecule has 1 amide bonds. The van der Waals surface area contributed by atoms with Crippen LogP contribution in [0.15, 0.2) is 72.8 Å². The van der Waals surface area contributed by atoms with Crippen molar-refractivity contribution in [1.82, 2.24) is 5.32 Å². The van der Waals surface area contributed by atoms with Gasteiger partial charge in [-0.15, -0.1) is 0 Å². The van der Waals surface area contributed by atoms with Gasteiger partial charge in [0, 0.05) is 11.1 Å². The van der Waals surface area contributed by atoms with Gasteiger partial charge in [-0.25, -0.2) is 0 Å². The van der Waals surface area contributed by atoms with Crippen LogP contribution in [0.1, 0.15) is 41.4 Å². The van der Waals surface area contributed by atoms with Crippen molar-refractivity contribution < 1.29 is 19.0 Å². The number of ether oxygens (including phenoxy) is 3. The van der Waals surface area contributed by atoms with Crippen molar-refractivity contribution in [3.8, 4) is 17.2 Å². The zero-order valence-corrected chi connectivity index (χ0v) is 17.6. The molecule has 0 aromatic heterocycles. The molecule has 156 valence electrons. The largest absolute Gasteiger partial charge is 0.493 e. The molecule has 5 nitrogen and oxygen atoms in total. The third-order valence-corrected chi connectivity index (χ3v) is 4.72. The van der Waals surface area contributed by atoms with Crippen LogP contribution in [0.5, 0.6) is 17.2 Å². The molecule has 3 aromatic rings. The Morgan fingerprint density at radius 3 is 2.30 bits per heavy atom. The third kappa shape index (κ3) is 5.32. The fourth-order valence-electron chi connectivity index (χ4n) is 3.13. The van der Waals surface area contributed by atoms with Crippen molar-refractivity contribution in [2.45, 2.75) is 26.5 Å². The normalized spacial score (nSPS) is 11.4. The van der Waals surface area contributed by atoms with Crippen molar-refractivity contribution in [3.63, 3.8) is 0 Å². The summed E-state index contributed by atoms with van der Waals surface area (Å²) >= 11 is 0. The molecule has 30 heavy (non-hydrogen) atoms. The van der Waals surface area contributed by atoms with Gasteiger partial charge in [0.25, 0.3) is 5.91 Å². The van der Waals surface area contributed by atoms with Crippen molar-refractivity contribution in [3.05, 3.63) is 89.5 Å². The molecule has 0 bridgehead atoms. The lowest BCUT2D eigenvalue weighted by Gasteiger charge is -2.17. The van der Waals surface area contributed by atoms with Crippen LogP contribution in [0.25, 0.3) is 0 Å². The molecule has 3 rings (SSSR count). The van der Waals surface area contributed by atoms with Crippen LogP contribution in [-0.4, -0.2) is 19.6 Å². The van der Waals surface area contributed by atoms with Crippen molar-refractivity contribution in [2.24, 2.45) is 0 Å². The average Bonchev–Trinajstić information content (AvgIpc) is 2.79. The zero-order chi connectivity index (χ0) is 21.3. The van der Waals surface area contributed by atoms with Gasteiger partial charge in [0.15, 0.2) is 11.5 Å². The molecule has 1 unspecified atom stereocenters. The van der Waals surface area contributed by atoms with Crippen LogP contribution in [-0.2, 0) is 6.61 Å². The van der Waals surface area contributed by atoms with E-state index in [4.69, 9.17) is 14.2 Å². The SMILES string of the molecule is CCOc1ccc(C(=O)NC(C)c2ccccc2)cc1COc1ccccc1OC. The molecular formula is C25H27NO4. The summed E-state index contributed by atoms with van der Waals surface area (Å²) in [5.74, 6) is 1.84. The molecule has 5 heteroatoms. The summed E-state index contributed by atoms with van der Waals surface area (Å²) in [6.45, 7) is 4.67. The number of amides is 1. The number of para-hydroxylation sites is 2. The molecule has 0 radical (unpaired) electrons. The predicted octanol–water partition coefficient (Wildman–Crippen LogP) is 5.16. The summed E-state index contributed by atoms with van der Waals surface area (Å²) in [6, 6.07) is 22.6. The number of carbonyl (C=O) groups is 1. The fraction of sp³-hybridized carbons (Fsp3) is 0.240. The fourth-order valence-corrected chi connectivity index (χ4v) is 3.13. The van der Waals surface area contributed by atoms with Gasteiger partial charge in [-0.3, -0.25) is 4.79 Å². The van der Waals surface area contributed by atoms with Crippen LogP contribution in [0.3, 0.4) is 0 Å². The molecule has 0 saturated heterocycles. The monoisotopic (exact) mass is 405 g/mol. The molecule has 0 fully saturated rings. The molecule has 0 aliphatic rings. The maximum Gasteiger partial charge on any atom is 0.251 e. The summed E-state index contributed by atoms with van der Waals surface area (Å²) < 4.78 is 17.0. The zero-order valence-electron chi connectivity index (χ0n) is 17.6. The molecule has 0 aliphatic carbocycles. The Labute approximate surface area is 177 Å². The van der Waals surface area contributed by atoms with E-state index in [0.717, 1.165) is 11.1 Å². The second-order valence-corrected chi connectivity index (χ2v) is 6.80. The number of hydrogen-bond donors (Lipinski definition) is 1. The van der Waals surface area contributed by atoms with Gasteiger partial charge in [-0.1, -0.05) is 42.5 Å². The highest BCUT2D eigenvalue weighted by atomic mass is 16.5. The Bertz CT molecular complexity index is 972. The Morgan fingerprint density at radius 2 is 1.60 bits per heavy atom. The number of methoxy groups -OCH3 is 1. The van der Waals surface area contributed by atoms with E-state index in [2.05, 4.69) is 5.32 Å². The summed E-state index contributed by atoms with van der Waals surface area (Å²) in [5.41, 5.74) is 2.40. The Hall–Kier alpha value is -3.47. The van der Waals surface area contributed by atoms with Gasteiger partial charge < -0.3 is 19.5 Å². The first-order chi connectivity index (χ1) is 14.6. The highest BCUT2D eigenvalue weighted by molar-refractivity contribution is 5.94. The maximum atomic E-state index is 12.8. The molecule has 3 aromatic carbocycles. The van der Waals surface area contributed by atoms with E-state index in [1.807, 2.05) is 80.6 Å². The molecule has 0 spiro atoms. The minimum Gasteiger partial charge on any atom is -0.493 e. The summed E-state index contributed by atoms with van der Waals surface area (Å²) in [6.07, 6.45) is 0. The number of nitrogens with one attached hydrogen (secondary N) is 1. The summed E-state index contributed by atoms with van der Waals surface area (Å²) in [5, 5.41) is 3.04. The first-order valence-corrected chi connectivity index (χ1v) is 9.99. The minimum absolute atomic E-state index is 0.0986. The Kier molecular flexibility index (Phi) is 7.33. The van der Waals surface area contributed by atoms with E-state index in [1.54, 1.807) is 13.2 Å². The van der Waals surface area contributed by atoms with Crippen molar-refractivity contribution in [1.29, 1.82) is 0 Å². The minimum atomic E-state index is -0.145. The molecular weight excluding hydrogens is 378 g/mol. The van der Waals surface area contributed by atoms with Crippen LogP contribution >= 0.6 is 0 Å². The van der Waals surface area contributed by atoms with E-state index < -0.39 is 0 Å². The van der Waals surface area contributed by atoms with Crippen LogP contribution < -0.4 is 19.5 Å². The van der Waals surface area contributed by atoms with Gasteiger partial charge in [0.05, 0.1) is 19.8 Å². The first-order valence-electron chi connectivity index (χ1n) is 9.99. The summed E-state index contributed by atoms with van der Waals surface area (Å²) in [7, 11) is 1.60. The van der Waals surface area contributed by atoms with Crippen molar-refractivity contribution >= 4 is 5.91 Å². The Morgan fingerprint density at radius 1 is 0.900 bits per heavy atom. The number of hydrogen-bond acceptors (Lipinski definition) is 4. The lowest BCUT2D eigenvalue weighted by atomic mass is 10.1. The van der Waals surface area contributed by atoms with E-state index in [-0.39, 0.29) is 18.6 Å². The number of carbonyl (C=O) groups excluding carboxylic acids is 1.